The van der Waals surface area contributed by atoms with Crippen molar-refractivity contribution in [1.82, 2.24) is 20.3 Å². The molecule has 0 bridgehead atoms. The highest BCUT2D eigenvalue weighted by Gasteiger charge is 2.10. The number of aromatic carboxylic acids is 1. The van der Waals surface area contributed by atoms with Gasteiger partial charge in [-0.15, -0.1) is 5.10 Å². The fraction of sp³-hybridized carbons (Fsp3) is 0.167. The lowest BCUT2D eigenvalue weighted by Crippen LogP contribution is -2.27. The number of hydrogen-bond donors (Lipinski definition) is 2. The Morgan fingerprint density at radius 1 is 1.40 bits per heavy atom. The van der Waals surface area contributed by atoms with Crippen LogP contribution in [-0.4, -0.2) is 32.0 Å². The fourth-order valence-electron chi connectivity index (χ4n) is 1.52. The van der Waals surface area contributed by atoms with Crippen LogP contribution in [0.1, 0.15) is 16.1 Å². The van der Waals surface area contributed by atoms with Crippen molar-refractivity contribution >= 4 is 27.8 Å². The zero-order valence-corrected chi connectivity index (χ0v) is 11.9. The lowest BCUT2D eigenvalue weighted by molar-refractivity contribution is -0.122. The predicted molar refractivity (Wildman–Crippen MR) is 73.0 cm³/mol. The topological polar surface area (TPSA) is 97.1 Å². The van der Waals surface area contributed by atoms with Gasteiger partial charge in [-0.2, -0.15) is 0 Å². The summed E-state index contributed by atoms with van der Waals surface area (Å²) in [7, 11) is 0. The summed E-state index contributed by atoms with van der Waals surface area (Å²) in [6.45, 7) is 0.313. The quantitative estimate of drug-likeness (QED) is 0.849. The summed E-state index contributed by atoms with van der Waals surface area (Å²) in [5, 5.41) is 18.4. The van der Waals surface area contributed by atoms with Crippen LogP contribution >= 0.6 is 15.9 Å². The minimum absolute atomic E-state index is 0.0751. The number of amides is 1. The molecule has 0 aliphatic carbocycles. The first-order valence-electron chi connectivity index (χ1n) is 5.69. The zero-order valence-electron chi connectivity index (χ0n) is 10.3. The summed E-state index contributed by atoms with van der Waals surface area (Å²) in [6.07, 6.45) is 1.21. The Morgan fingerprint density at radius 3 is 2.85 bits per heavy atom. The molecule has 1 aromatic heterocycles. The van der Waals surface area contributed by atoms with E-state index >= 15 is 0 Å². The maximum Gasteiger partial charge on any atom is 0.358 e. The number of carboxylic acids is 1. The van der Waals surface area contributed by atoms with Crippen molar-refractivity contribution in [1.29, 1.82) is 0 Å². The molecule has 0 fully saturated rings. The molecule has 2 rings (SSSR count). The van der Waals surface area contributed by atoms with E-state index in [0.717, 1.165) is 10.0 Å². The highest BCUT2D eigenvalue weighted by molar-refractivity contribution is 9.10. The van der Waals surface area contributed by atoms with Crippen LogP contribution in [0.25, 0.3) is 0 Å². The first kappa shape index (κ1) is 14.2. The molecular weight excluding hydrogens is 328 g/mol. The first-order chi connectivity index (χ1) is 9.54. The summed E-state index contributed by atoms with van der Waals surface area (Å²) in [5.41, 5.74) is 0.766. The number of aromatic nitrogens is 3. The summed E-state index contributed by atoms with van der Waals surface area (Å²) >= 11 is 3.35. The predicted octanol–water partition coefficient (Wildman–Crippen LogP) is 1.06. The summed E-state index contributed by atoms with van der Waals surface area (Å²) in [6, 6.07) is 7.57. The number of rotatable bonds is 5. The molecule has 0 spiro atoms. The standard InChI is InChI=1S/C12H11BrN4O3/c13-9-3-1-2-8(4-9)5-14-11(18)7-17-6-10(12(19)20)15-16-17/h1-4,6H,5,7H2,(H,14,18)(H,19,20). The average molecular weight is 339 g/mol. The number of halogens is 1. The fourth-order valence-corrected chi connectivity index (χ4v) is 1.97. The molecule has 0 aliphatic heterocycles. The number of benzene rings is 1. The van der Waals surface area contributed by atoms with Crippen molar-refractivity contribution in [2.75, 3.05) is 0 Å². The molecule has 1 amide bonds. The molecule has 0 radical (unpaired) electrons. The van der Waals surface area contributed by atoms with Gasteiger partial charge in [0.1, 0.15) is 6.54 Å². The average Bonchev–Trinajstić information content (AvgIpc) is 2.85. The van der Waals surface area contributed by atoms with Gasteiger partial charge in [-0.05, 0) is 17.7 Å². The number of nitrogens with one attached hydrogen (secondary N) is 1. The third-order valence-corrected chi connectivity index (χ3v) is 2.94. The molecule has 2 aromatic rings. The van der Waals surface area contributed by atoms with Crippen molar-refractivity contribution in [3.63, 3.8) is 0 Å². The van der Waals surface area contributed by atoms with Crippen LogP contribution in [0.2, 0.25) is 0 Å². The van der Waals surface area contributed by atoms with Crippen molar-refractivity contribution < 1.29 is 14.7 Å². The molecule has 1 aromatic carbocycles. The zero-order chi connectivity index (χ0) is 14.5. The Balaban J connectivity index is 1.87. The minimum Gasteiger partial charge on any atom is -0.476 e. The molecular formula is C12H11BrN4O3. The van der Waals surface area contributed by atoms with Gasteiger partial charge >= 0.3 is 5.97 Å². The Kier molecular flexibility index (Phi) is 4.46. The maximum atomic E-state index is 11.7. The molecule has 8 heteroatoms. The van der Waals surface area contributed by atoms with Gasteiger partial charge in [0.15, 0.2) is 5.69 Å². The van der Waals surface area contributed by atoms with Crippen LogP contribution in [0.15, 0.2) is 34.9 Å². The van der Waals surface area contributed by atoms with Crippen LogP contribution in [0.4, 0.5) is 0 Å². The Morgan fingerprint density at radius 2 is 2.20 bits per heavy atom. The van der Waals surface area contributed by atoms with Gasteiger partial charge in [0, 0.05) is 11.0 Å². The Bertz CT molecular complexity index is 641. The van der Waals surface area contributed by atoms with Crippen LogP contribution < -0.4 is 5.32 Å². The van der Waals surface area contributed by atoms with Gasteiger partial charge in [-0.3, -0.25) is 4.79 Å². The molecule has 2 N–H and O–H groups in total. The van der Waals surface area contributed by atoms with E-state index in [1.807, 2.05) is 24.3 Å². The van der Waals surface area contributed by atoms with E-state index < -0.39 is 5.97 Å². The highest BCUT2D eigenvalue weighted by Crippen LogP contribution is 2.11. The van der Waals surface area contributed by atoms with Gasteiger partial charge in [-0.1, -0.05) is 33.3 Å². The normalized spacial score (nSPS) is 10.2. The van der Waals surface area contributed by atoms with Gasteiger partial charge in [-0.25, -0.2) is 9.48 Å². The van der Waals surface area contributed by atoms with E-state index in [-0.39, 0.29) is 18.1 Å². The van der Waals surface area contributed by atoms with E-state index in [4.69, 9.17) is 5.11 Å². The van der Waals surface area contributed by atoms with Crippen LogP contribution in [0, 0.1) is 0 Å². The summed E-state index contributed by atoms with van der Waals surface area (Å²) in [5.74, 6) is -1.45. The largest absolute Gasteiger partial charge is 0.476 e. The molecule has 0 saturated heterocycles. The monoisotopic (exact) mass is 338 g/mol. The molecule has 0 unspecified atom stereocenters. The number of carbonyl (C=O) groups is 2. The van der Waals surface area contributed by atoms with Crippen molar-refractivity contribution in [3.05, 3.63) is 46.2 Å². The Labute approximate surface area is 122 Å². The number of hydrogen-bond acceptors (Lipinski definition) is 4. The molecule has 20 heavy (non-hydrogen) atoms. The number of nitrogens with zero attached hydrogens (tertiary/aromatic N) is 3. The second-order valence-electron chi connectivity index (χ2n) is 4.01. The van der Waals surface area contributed by atoms with E-state index in [0.29, 0.717) is 6.54 Å². The second kappa shape index (κ2) is 6.29. The van der Waals surface area contributed by atoms with Crippen molar-refractivity contribution in [2.24, 2.45) is 0 Å². The van der Waals surface area contributed by atoms with E-state index in [9.17, 15) is 9.59 Å². The summed E-state index contributed by atoms with van der Waals surface area (Å²) in [4.78, 5) is 22.3. The molecule has 7 nitrogen and oxygen atoms in total. The van der Waals surface area contributed by atoms with Gasteiger partial charge in [0.05, 0.1) is 6.20 Å². The van der Waals surface area contributed by atoms with Gasteiger partial charge < -0.3 is 10.4 Å². The lowest BCUT2D eigenvalue weighted by Gasteiger charge is -2.05. The number of carboxylic acid groups (broad SMARTS) is 1. The number of carbonyl (C=O) groups excluding carboxylic acids is 1. The minimum atomic E-state index is -1.18. The molecule has 0 atom stereocenters. The first-order valence-corrected chi connectivity index (χ1v) is 6.48. The third kappa shape index (κ3) is 3.89. The molecule has 0 saturated carbocycles. The third-order valence-electron chi connectivity index (χ3n) is 2.44. The smallest absolute Gasteiger partial charge is 0.358 e. The van der Waals surface area contributed by atoms with Crippen molar-refractivity contribution in [3.8, 4) is 0 Å². The lowest BCUT2D eigenvalue weighted by atomic mass is 10.2. The molecule has 1 heterocycles. The Hall–Kier alpha value is -2.22. The van der Waals surface area contributed by atoms with E-state index in [1.54, 1.807) is 0 Å². The van der Waals surface area contributed by atoms with Crippen molar-refractivity contribution in [2.45, 2.75) is 13.1 Å². The van der Waals surface area contributed by atoms with Crippen LogP contribution in [0.5, 0.6) is 0 Å². The van der Waals surface area contributed by atoms with E-state index in [2.05, 4.69) is 31.6 Å². The van der Waals surface area contributed by atoms with Crippen LogP contribution in [0.3, 0.4) is 0 Å². The highest BCUT2D eigenvalue weighted by atomic mass is 79.9. The maximum absolute atomic E-state index is 11.7. The van der Waals surface area contributed by atoms with Gasteiger partial charge in [0.2, 0.25) is 5.91 Å². The molecule has 104 valence electrons. The second-order valence-corrected chi connectivity index (χ2v) is 4.93. The summed E-state index contributed by atoms with van der Waals surface area (Å²) < 4.78 is 2.12. The molecule has 0 aliphatic rings. The SMILES string of the molecule is O=C(Cn1cc(C(=O)O)nn1)NCc1cccc(Br)c1. The van der Waals surface area contributed by atoms with Crippen LogP contribution in [-0.2, 0) is 17.9 Å². The van der Waals surface area contributed by atoms with E-state index in [1.165, 1.54) is 10.9 Å². The van der Waals surface area contributed by atoms with Gasteiger partial charge in [0.25, 0.3) is 0 Å².